The van der Waals surface area contributed by atoms with Crippen molar-refractivity contribution < 1.29 is 14.6 Å². The van der Waals surface area contributed by atoms with Gasteiger partial charge in [-0.2, -0.15) is 5.11 Å². The fourth-order valence-corrected chi connectivity index (χ4v) is 3.11. The molecule has 0 fully saturated rings. The Morgan fingerprint density at radius 3 is 1.94 bits per heavy atom. The number of fused-ring (bicyclic) bond motifs is 1. The van der Waals surface area contributed by atoms with Gasteiger partial charge < -0.3 is 15.6 Å². The maximum atomic E-state index is 11.0. The summed E-state index contributed by atoms with van der Waals surface area (Å²) >= 11 is 0. The van der Waals surface area contributed by atoms with Gasteiger partial charge in [0.05, 0.1) is 29.7 Å². The molecule has 4 aromatic rings. The SMILES string of the molecule is COc1cc(N)ccc1N=Nc1ccc(N=Nc2ccc(C(=O)O)cc2)c2ccccc12. The van der Waals surface area contributed by atoms with Gasteiger partial charge in [-0.25, -0.2) is 4.79 Å². The minimum atomic E-state index is -0.985. The molecule has 0 amide bonds. The number of aromatic carboxylic acids is 1. The number of ether oxygens (including phenoxy) is 1. The maximum Gasteiger partial charge on any atom is 0.335 e. The summed E-state index contributed by atoms with van der Waals surface area (Å²) in [5.74, 6) is -0.446. The van der Waals surface area contributed by atoms with E-state index in [1.54, 1.807) is 37.4 Å². The number of anilines is 1. The van der Waals surface area contributed by atoms with E-state index in [-0.39, 0.29) is 5.56 Å². The number of hydrogen-bond acceptors (Lipinski definition) is 7. The van der Waals surface area contributed by atoms with E-state index < -0.39 is 5.97 Å². The van der Waals surface area contributed by atoms with Crippen LogP contribution in [0.5, 0.6) is 5.75 Å². The van der Waals surface area contributed by atoms with E-state index in [4.69, 9.17) is 15.6 Å². The van der Waals surface area contributed by atoms with E-state index in [9.17, 15) is 4.79 Å². The Bertz CT molecular complexity index is 1350. The van der Waals surface area contributed by atoms with Crippen LogP contribution in [0, 0.1) is 0 Å². The monoisotopic (exact) mass is 425 g/mol. The van der Waals surface area contributed by atoms with E-state index in [0.717, 1.165) is 10.8 Å². The number of carbonyl (C=O) groups is 1. The molecule has 0 radical (unpaired) electrons. The molecule has 0 aliphatic rings. The van der Waals surface area contributed by atoms with E-state index in [1.165, 1.54) is 12.1 Å². The minimum absolute atomic E-state index is 0.196. The molecule has 0 aliphatic carbocycles. The zero-order valence-corrected chi connectivity index (χ0v) is 17.1. The molecule has 32 heavy (non-hydrogen) atoms. The van der Waals surface area contributed by atoms with E-state index in [2.05, 4.69) is 20.5 Å². The van der Waals surface area contributed by atoms with Crippen molar-refractivity contribution >= 4 is 45.2 Å². The van der Waals surface area contributed by atoms with E-state index in [1.807, 2.05) is 36.4 Å². The normalized spacial score (nSPS) is 11.4. The second kappa shape index (κ2) is 9.05. The van der Waals surface area contributed by atoms with Crippen molar-refractivity contribution in [1.82, 2.24) is 0 Å². The molecular weight excluding hydrogens is 406 g/mol. The molecule has 158 valence electrons. The molecule has 8 heteroatoms. The molecule has 0 heterocycles. The highest BCUT2D eigenvalue weighted by atomic mass is 16.5. The number of carboxylic acid groups (broad SMARTS) is 1. The van der Waals surface area contributed by atoms with Crippen LogP contribution < -0.4 is 10.5 Å². The lowest BCUT2D eigenvalue weighted by molar-refractivity contribution is 0.0697. The van der Waals surface area contributed by atoms with Crippen LogP contribution in [0.15, 0.2) is 99.3 Å². The second-order valence-electron chi connectivity index (χ2n) is 6.83. The van der Waals surface area contributed by atoms with Gasteiger partial charge in [0.15, 0.2) is 0 Å². The van der Waals surface area contributed by atoms with Crippen LogP contribution in [-0.2, 0) is 0 Å². The summed E-state index contributed by atoms with van der Waals surface area (Å²) in [7, 11) is 1.55. The average Bonchev–Trinajstić information content (AvgIpc) is 2.82. The second-order valence-corrected chi connectivity index (χ2v) is 6.83. The Kier molecular flexibility index (Phi) is 5.85. The number of nitrogen functional groups attached to an aromatic ring is 1. The first-order chi connectivity index (χ1) is 15.5. The summed E-state index contributed by atoms with van der Waals surface area (Å²) in [5, 5.41) is 28.0. The number of methoxy groups -OCH3 is 1. The van der Waals surface area contributed by atoms with Gasteiger partial charge in [0.2, 0.25) is 0 Å². The lowest BCUT2D eigenvalue weighted by Gasteiger charge is -2.06. The summed E-state index contributed by atoms with van der Waals surface area (Å²) in [6.07, 6.45) is 0. The molecule has 0 saturated heterocycles. The van der Waals surface area contributed by atoms with Gasteiger partial charge in [-0.05, 0) is 48.5 Å². The Morgan fingerprint density at radius 2 is 1.34 bits per heavy atom. The third-order valence-electron chi connectivity index (χ3n) is 4.73. The van der Waals surface area contributed by atoms with Gasteiger partial charge in [0.1, 0.15) is 11.4 Å². The number of nitrogens with two attached hydrogens (primary N) is 1. The van der Waals surface area contributed by atoms with E-state index in [0.29, 0.717) is 34.2 Å². The van der Waals surface area contributed by atoms with Crippen molar-refractivity contribution in [2.24, 2.45) is 20.5 Å². The number of benzene rings is 4. The van der Waals surface area contributed by atoms with Crippen molar-refractivity contribution in [3.8, 4) is 5.75 Å². The molecule has 0 bridgehead atoms. The fourth-order valence-electron chi connectivity index (χ4n) is 3.11. The van der Waals surface area contributed by atoms with Crippen molar-refractivity contribution in [3.63, 3.8) is 0 Å². The smallest absolute Gasteiger partial charge is 0.335 e. The molecule has 8 nitrogen and oxygen atoms in total. The third-order valence-corrected chi connectivity index (χ3v) is 4.73. The molecule has 0 spiro atoms. The maximum absolute atomic E-state index is 11.0. The molecule has 4 rings (SSSR count). The summed E-state index contributed by atoms with van der Waals surface area (Å²) in [5.41, 5.74) is 9.03. The van der Waals surface area contributed by atoms with Crippen LogP contribution >= 0.6 is 0 Å². The number of carboxylic acids is 1. The quantitative estimate of drug-likeness (QED) is 0.256. The first-order valence-corrected chi connectivity index (χ1v) is 9.67. The number of azo groups is 2. The lowest BCUT2D eigenvalue weighted by atomic mass is 10.1. The molecule has 0 aliphatic heterocycles. The minimum Gasteiger partial charge on any atom is -0.494 e. The van der Waals surface area contributed by atoms with E-state index >= 15 is 0 Å². The first kappa shape index (κ1) is 20.7. The number of hydrogen-bond donors (Lipinski definition) is 2. The van der Waals surface area contributed by atoms with Crippen LogP contribution in [0.4, 0.5) is 28.4 Å². The van der Waals surface area contributed by atoms with Crippen LogP contribution in [0.3, 0.4) is 0 Å². The Balaban J connectivity index is 1.66. The molecule has 0 atom stereocenters. The first-order valence-electron chi connectivity index (χ1n) is 9.67. The largest absolute Gasteiger partial charge is 0.494 e. The predicted octanol–water partition coefficient (Wildman–Crippen LogP) is 6.96. The van der Waals surface area contributed by atoms with Crippen LogP contribution in [0.2, 0.25) is 0 Å². The highest BCUT2D eigenvalue weighted by Gasteiger charge is 2.07. The van der Waals surface area contributed by atoms with Gasteiger partial charge in [-0.1, -0.05) is 24.3 Å². The fraction of sp³-hybridized carbons (Fsp3) is 0.0417. The van der Waals surface area contributed by atoms with Gasteiger partial charge in [0, 0.05) is 22.5 Å². The summed E-state index contributed by atoms with van der Waals surface area (Å²) in [6, 6.07) is 22.7. The molecule has 0 aromatic heterocycles. The summed E-state index contributed by atoms with van der Waals surface area (Å²) in [6.45, 7) is 0. The predicted molar refractivity (Wildman–Crippen MR) is 123 cm³/mol. The lowest BCUT2D eigenvalue weighted by Crippen LogP contribution is -1.93. The molecule has 4 aromatic carbocycles. The van der Waals surface area contributed by atoms with Crippen LogP contribution in [-0.4, -0.2) is 18.2 Å². The van der Waals surface area contributed by atoms with Gasteiger partial charge in [-0.15, -0.1) is 15.3 Å². The van der Waals surface area contributed by atoms with Crippen molar-refractivity contribution in [3.05, 3.63) is 84.4 Å². The standard InChI is InChI=1S/C24H19N5O3/c1-32-23-14-16(25)8-11-22(23)29-28-21-13-12-20(18-4-2-3-5-19(18)21)27-26-17-9-6-15(7-10-17)24(30)31/h2-14H,25H2,1H3,(H,30,31). The van der Waals surface area contributed by atoms with Crippen LogP contribution in [0.1, 0.15) is 10.4 Å². The van der Waals surface area contributed by atoms with Gasteiger partial charge in [-0.3, -0.25) is 0 Å². The molecule has 0 saturated carbocycles. The summed E-state index contributed by atoms with van der Waals surface area (Å²) < 4.78 is 5.32. The van der Waals surface area contributed by atoms with Gasteiger partial charge in [0.25, 0.3) is 0 Å². The zero-order valence-electron chi connectivity index (χ0n) is 17.1. The highest BCUT2D eigenvalue weighted by Crippen LogP contribution is 2.36. The zero-order chi connectivity index (χ0) is 22.5. The number of nitrogens with zero attached hydrogens (tertiary/aromatic N) is 4. The Morgan fingerprint density at radius 1 is 0.781 bits per heavy atom. The van der Waals surface area contributed by atoms with Crippen molar-refractivity contribution in [2.75, 3.05) is 12.8 Å². The van der Waals surface area contributed by atoms with Gasteiger partial charge >= 0.3 is 5.97 Å². The molecule has 0 unspecified atom stereocenters. The third kappa shape index (κ3) is 4.44. The van der Waals surface area contributed by atoms with Crippen LogP contribution in [0.25, 0.3) is 10.8 Å². The molecular formula is C24H19N5O3. The van der Waals surface area contributed by atoms with Crippen molar-refractivity contribution in [1.29, 1.82) is 0 Å². The summed E-state index contributed by atoms with van der Waals surface area (Å²) in [4.78, 5) is 11.0. The Hall–Kier alpha value is -4.59. The average molecular weight is 425 g/mol. The molecule has 3 N–H and O–H groups in total. The van der Waals surface area contributed by atoms with Crippen molar-refractivity contribution in [2.45, 2.75) is 0 Å². The number of rotatable bonds is 6. The highest BCUT2D eigenvalue weighted by molar-refractivity contribution is 5.99. The Labute approximate surface area is 183 Å². The topological polar surface area (TPSA) is 122 Å².